The summed E-state index contributed by atoms with van der Waals surface area (Å²) >= 11 is 0. The van der Waals surface area contributed by atoms with Gasteiger partial charge in [0, 0.05) is 12.2 Å². The molecule has 34 heavy (non-hydrogen) atoms. The number of carbonyl (C=O) groups excluding carboxylic acids is 3. The third-order valence-electron chi connectivity index (χ3n) is 6.23. The van der Waals surface area contributed by atoms with Crippen molar-refractivity contribution in [2.45, 2.75) is 32.0 Å². The number of alkyl halides is 3. The van der Waals surface area contributed by atoms with E-state index in [-0.39, 0.29) is 29.7 Å². The van der Waals surface area contributed by atoms with Crippen LogP contribution in [-0.4, -0.2) is 48.3 Å². The molecular weight excluding hydrogens is 449 g/mol. The zero-order valence-electron chi connectivity index (χ0n) is 18.6. The van der Waals surface area contributed by atoms with Gasteiger partial charge in [-0.25, -0.2) is 0 Å². The highest BCUT2D eigenvalue weighted by Gasteiger charge is 2.37. The molecule has 2 atom stereocenters. The average Bonchev–Trinajstić information content (AvgIpc) is 2.82. The van der Waals surface area contributed by atoms with Gasteiger partial charge in [0.2, 0.25) is 17.7 Å². The van der Waals surface area contributed by atoms with Crippen molar-refractivity contribution >= 4 is 34.8 Å². The number of hydrogen-bond donors (Lipinski definition) is 2. The van der Waals surface area contributed by atoms with E-state index in [2.05, 4.69) is 10.6 Å². The first-order chi connectivity index (χ1) is 16.1. The van der Waals surface area contributed by atoms with Crippen LogP contribution in [0.5, 0.6) is 0 Å². The number of fused-ring (bicyclic) bond motifs is 1. The van der Waals surface area contributed by atoms with Crippen LogP contribution in [0.4, 0.5) is 30.2 Å². The normalized spacial score (nSPS) is 19.7. The van der Waals surface area contributed by atoms with Crippen molar-refractivity contribution in [3.63, 3.8) is 0 Å². The number of benzene rings is 2. The van der Waals surface area contributed by atoms with Crippen molar-refractivity contribution in [1.82, 2.24) is 4.90 Å². The lowest BCUT2D eigenvalue weighted by Crippen LogP contribution is -2.54. The van der Waals surface area contributed by atoms with Gasteiger partial charge in [0.25, 0.3) is 0 Å². The van der Waals surface area contributed by atoms with E-state index in [9.17, 15) is 27.6 Å². The molecule has 1 saturated heterocycles. The summed E-state index contributed by atoms with van der Waals surface area (Å²) in [5, 5.41) is 5.32. The van der Waals surface area contributed by atoms with Crippen molar-refractivity contribution in [1.29, 1.82) is 0 Å². The van der Waals surface area contributed by atoms with Crippen LogP contribution in [0.3, 0.4) is 0 Å². The van der Waals surface area contributed by atoms with Crippen LogP contribution in [-0.2, 0) is 20.6 Å². The van der Waals surface area contributed by atoms with Gasteiger partial charge >= 0.3 is 6.18 Å². The number of piperidine rings is 1. The van der Waals surface area contributed by atoms with Crippen molar-refractivity contribution < 1.29 is 27.6 Å². The Kier molecular flexibility index (Phi) is 6.60. The first-order valence-electron chi connectivity index (χ1n) is 11.1. The molecule has 0 spiro atoms. The Morgan fingerprint density at radius 1 is 1.15 bits per heavy atom. The molecule has 2 N–H and O–H groups in total. The van der Waals surface area contributed by atoms with E-state index in [1.807, 2.05) is 23.1 Å². The van der Waals surface area contributed by atoms with E-state index in [1.165, 1.54) is 11.0 Å². The highest BCUT2D eigenvalue weighted by atomic mass is 19.4. The van der Waals surface area contributed by atoms with Crippen molar-refractivity contribution in [2.24, 2.45) is 5.92 Å². The second kappa shape index (κ2) is 9.46. The number of rotatable bonds is 4. The lowest BCUT2D eigenvalue weighted by atomic mass is 9.95. The summed E-state index contributed by atoms with van der Waals surface area (Å²) in [7, 11) is 0. The van der Waals surface area contributed by atoms with E-state index in [4.69, 9.17) is 0 Å². The Labute approximate surface area is 194 Å². The summed E-state index contributed by atoms with van der Waals surface area (Å²) < 4.78 is 39.3. The van der Waals surface area contributed by atoms with Crippen LogP contribution in [0.1, 0.15) is 25.3 Å². The van der Waals surface area contributed by atoms with Gasteiger partial charge in [-0.05, 0) is 56.6 Å². The van der Waals surface area contributed by atoms with Gasteiger partial charge in [-0.3, -0.25) is 24.2 Å². The SMILES string of the molecule is C[C@H](C(=O)N1CC(=O)Nc2cc(C(F)(F)F)ccc21)N1CCC[C@@H](C(=O)Nc2ccccc2)C1. The lowest BCUT2D eigenvalue weighted by Gasteiger charge is -2.38. The van der Waals surface area contributed by atoms with Crippen molar-refractivity contribution in [3.8, 4) is 0 Å². The molecule has 0 aliphatic carbocycles. The molecule has 1 fully saturated rings. The monoisotopic (exact) mass is 474 g/mol. The smallest absolute Gasteiger partial charge is 0.326 e. The first-order valence-corrected chi connectivity index (χ1v) is 11.1. The number of nitrogens with one attached hydrogen (secondary N) is 2. The predicted octanol–water partition coefficient (Wildman–Crippen LogP) is 3.73. The summed E-state index contributed by atoms with van der Waals surface area (Å²) in [5.74, 6) is -1.40. The van der Waals surface area contributed by atoms with E-state index in [0.717, 1.165) is 18.6 Å². The molecule has 0 bridgehead atoms. The Bertz CT molecular complexity index is 1090. The van der Waals surface area contributed by atoms with Crippen molar-refractivity contribution in [2.75, 3.05) is 35.2 Å². The zero-order chi connectivity index (χ0) is 24.5. The molecule has 2 heterocycles. The minimum Gasteiger partial charge on any atom is -0.326 e. The Morgan fingerprint density at radius 3 is 2.59 bits per heavy atom. The highest BCUT2D eigenvalue weighted by molar-refractivity contribution is 6.11. The molecule has 0 unspecified atom stereocenters. The van der Waals surface area contributed by atoms with Gasteiger partial charge in [-0.15, -0.1) is 0 Å². The van der Waals surface area contributed by atoms with Gasteiger partial charge < -0.3 is 10.6 Å². The topological polar surface area (TPSA) is 81.8 Å². The fraction of sp³-hybridized carbons (Fsp3) is 0.375. The summed E-state index contributed by atoms with van der Waals surface area (Å²) in [6.07, 6.45) is -3.16. The quantitative estimate of drug-likeness (QED) is 0.708. The van der Waals surface area contributed by atoms with Crippen LogP contribution in [0.2, 0.25) is 0 Å². The molecule has 0 aromatic heterocycles. The highest BCUT2D eigenvalue weighted by Crippen LogP contribution is 2.37. The van der Waals surface area contributed by atoms with Crippen LogP contribution >= 0.6 is 0 Å². The Morgan fingerprint density at radius 2 is 1.88 bits per heavy atom. The maximum Gasteiger partial charge on any atom is 0.416 e. The van der Waals surface area contributed by atoms with Crippen LogP contribution < -0.4 is 15.5 Å². The zero-order valence-corrected chi connectivity index (χ0v) is 18.6. The first kappa shape index (κ1) is 23.7. The van der Waals surface area contributed by atoms with Crippen LogP contribution in [0.15, 0.2) is 48.5 Å². The van der Waals surface area contributed by atoms with Crippen molar-refractivity contribution in [3.05, 3.63) is 54.1 Å². The summed E-state index contributed by atoms with van der Waals surface area (Å²) in [5.41, 5.74) is -0.0367. The van der Waals surface area contributed by atoms with Crippen LogP contribution in [0.25, 0.3) is 0 Å². The third-order valence-corrected chi connectivity index (χ3v) is 6.23. The maximum atomic E-state index is 13.3. The number of amides is 3. The minimum atomic E-state index is -4.57. The number of para-hydroxylation sites is 1. The number of nitrogens with zero attached hydrogens (tertiary/aromatic N) is 2. The van der Waals surface area contributed by atoms with Gasteiger partial charge in [0.15, 0.2) is 0 Å². The van der Waals surface area contributed by atoms with Crippen LogP contribution in [0, 0.1) is 5.92 Å². The number of likely N-dealkylation sites (tertiary alicyclic amines) is 1. The average molecular weight is 474 g/mol. The molecule has 180 valence electrons. The summed E-state index contributed by atoms with van der Waals surface area (Å²) in [4.78, 5) is 41.3. The largest absolute Gasteiger partial charge is 0.416 e. The number of carbonyl (C=O) groups is 3. The second-order valence-corrected chi connectivity index (χ2v) is 8.57. The summed E-state index contributed by atoms with van der Waals surface area (Å²) in [6, 6.07) is 11.4. The van der Waals surface area contributed by atoms with Gasteiger partial charge in [-0.2, -0.15) is 13.2 Å². The summed E-state index contributed by atoms with van der Waals surface area (Å²) in [6.45, 7) is 2.37. The fourth-order valence-electron chi connectivity index (χ4n) is 4.38. The minimum absolute atomic E-state index is 0.0506. The van der Waals surface area contributed by atoms with E-state index >= 15 is 0 Å². The molecule has 10 heteroatoms. The molecule has 3 amide bonds. The molecular formula is C24H25F3N4O3. The van der Waals surface area contributed by atoms with E-state index < -0.39 is 29.6 Å². The Balaban J connectivity index is 1.48. The molecule has 2 aliphatic rings. The maximum absolute atomic E-state index is 13.3. The standard InChI is InChI=1S/C24H25F3N4O3/c1-15(30-11-5-6-16(13-30)22(33)28-18-7-3-2-4-8-18)23(34)31-14-21(32)29-19-12-17(24(25,26)27)9-10-20(19)31/h2-4,7-10,12,15-16H,5-6,11,13-14H2,1H3,(H,28,33)(H,29,32)/t15-,16-/m1/s1. The second-order valence-electron chi connectivity index (χ2n) is 8.57. The molecule has 2 aromatic rings. The third kappa shape index (κ3) is 5.06. The molecule has 0 radical (unpaired) electrons. The van der Waals surface area contributed by atoms with Gasteiger partial charge in [0.05, 0.1) is 28.9 Å². The number of hydrogen-bond acceptors (Lipinski definition) is 4. The molecule has 0 saturated carbocycles. The van der Waals surface area contributed by atoms with E-state index in [0.29, 0.717) is 25.2 Å². The fourth-order valence-corrected chi connectivity index (χ4v) is 4.38. The van der Waals surface area contributed by atoms with E-state index in [1.54, 1.807) is 19.1 Å². The molecule has 2 aromatic carbocycles. The van der Waals surface area contributed by atoms with Gasteiger partial charge in [0.1, 0.15) is 6.54 Å². The number of anilines is 3. The molecule has 4 rings (SSSR count). The molecule has 2 aliphatic heterocycles. The predicted molar refractivity (Wildman–Crippen MR) is 121 cm³/mol. The Hall–Kier alpha value is -3.40. The number of halogens is 3. The van der Waals surface area contributed by atoms with Gasteiger partial charge in [-0.1, -0.05) is 18.2 Å². The molecule has 7 nitrogen and oxygen atoms in total. The lowest BCUT2D eigenvalue weighted by molar-refractivity contribution is -0.137.